The van der Waals surface area contributed by atoms with Crippen molar-refractivity contribution in [3.63, 3.8) is 0 Å². The van der Waals surface area contributed by atoms with Gasteiger partial charge < -0.3 is 31.9 Å². The first-order valence-corrected chi connectivity index (χ1v) is 21.1. The molecule has 8 rings (SSSR count). The second kappa shape index (κ2) is 17.0. The van der Waals surface area contributed by atoms with Crippen molar-refractivity contribution in [2.75, 3.05) is 84.3 Å². The van der Waals surface area contributed by atoms with Gasteiger partial charge in [-0.1, -0.05) is 22.7 Å². The minimum absolute atomic E-state index is 0.142. The molecule has 0 aliphatic carbocycles. The van der Waals surface area contributed by atoms with E-state index in [9.17, 15) is 4.79 Å². The highest BCUT2D eigenvalue weighted by Crippen LogP contribution is 2.32. The number of ketones is 1. The molecule has 2 atom stereocenters. The molecule has 2 aliphatic heterocycles. The average Bonchev–Trinajstić information content (AvgIpc) is 3.78. The van der Waals surface area contributed by atoms with Gasteiger partial charge in [0.2, 0.25) is 11.9 Å². The third-order valence-corrected chi connectivity index (χ3v) is 12.9. The van der Waals surface area contributed by atoms with Crippen molar-refractivity contribution in [3.8, 4) is 21.1 Å². The van der Waals surface area contributed by atoms with Gasteiger partial charge in [0, 0.05) is 87.5 Å². The van der Waals surface area contributed by atoms with Crippen LogP contribution in [0, 0.1) is 13.8 Å². The van der Waals surface area contributed by atoms with Crippen molar-refractivity contribution in [2.45, 2.75) is 39.8 Å². The van der Waals surface area contributed by atoms with Crippen LogP contribution in [0.3, 0.4) is 0 Å². The largest absolute Gasteiger partial charge is 0.375 e. The number of rotatable bonds is 12. The number of aromatic nitrogens is 6. The Morgan fingerprint density at radius 2 is 0.966 bits per heavy atom. The third kappa shape index (κ3) is 8.72. The molecule has 17 heteroatoms. The maximum absolute atomic E-state index is 13.8. The van der Waals surface area contributed by atoms with Gasteiger partial charge in [0.05, 0.1) is 44.6 Å². The van der Waals surface area contributed by atoms with E-state index in [0.717, 1.165) is 108 Å². The number of Topliss-reactive ketones (excluding diaryl/α,β-unsaturated/α-hetero) is 1. The van der Waals surface area contributed by atoms with E-state index in [2.05, 4.69) is 98.3 Å². The summed E-state index contributed by atoms with van der Waals surface area (Å²) in [5.74, 6) is 1.32. The molecule has 6 aromatic rings. The van der Waals surface area contributed by atoms with Gasteiger partial charge in [-0.25, -0.2) is 29.9 Å². The average molecular weight is 817 g/mol. The molecule has 300 valence electrons. The number of hydrogen-bond acceptors (Lipinski definition) is 17. The molecule has 2 saturated heterocycles. The van der Waals surface area contributed by atoms with E-state index in [1.165, 1.54) is 22.7 Å². The Morgan fingerprint density at radius 3 is 1.31 bits per heavy atom. The molecular weight excluding hydrogens is 769 g/mol. The summed E-state index contributed by atoms with van der Waals surface area (Å²) in [5.41, 5.74) is 19.2. The van der Waals surface area contributed by atoms with Crippen LogP contribution in [0.1, 0.15) is 25.2 Å². The van der Waals surface area contributed by atoms with Gasteiger partial charge in [-0.15, -0.1) is 0 Å². The van der Waals surface area contributed by atoms with Crippen LogP contribution < -0.4 is 31.9 Å². The molecule has 0 amide bonds. The van der Waals surface area contributed by atoms with E-state index < -0.39 is 0 Å². The topological polar surface area (TPSA) is 183 Å². The molecule has 0 saturated carbocycles. The Labute approximate surface area is 346 Å². The molecular formula is C41H48N14OS2. The molecule has 4 aromatic heterocycles. The van der Waals surface area contributed by atoms with Crippen molar-refractivity contribution >= 4 is 73.4 Å². The third-order valence-electron chi connectivity index (χ3n) is 10.9. The predicted molar refractivity (Wildman–Crippen MR) is 236 cm³/mol. The number of carbonyl (C=O) groups is 1. The molecule has 15 nitrogen and oxygen atoms in total. The van der Waals surface area contributed by atoms with Crippen LogP contribution in [-0.2, 0) is 4.79 Å². The normalized spacial score (nSPS) is 16.3. The number of anilines is 8. The first-order chi connectivity index (χ1) is 28.1. The minimum Gasteiger partial charge on any atom is -0.375 e. The Hall–Kier alpha value is -5.75. The van der Waals surface area contributed by atoms with E-state index in [1.54, 1.807) is 12.4 Å². The van der Waals surface area contributed by atoms with Gasteiger partial charge in [0.25, 0.3) is 0 Å². The molecule has 0 bridgehead atoms. The lowest BCUT2D eigenvalue weighted by atomic mass is 10.0. The lowest BCUT2D eigenvalue weighted by Crippen LogP contribution is -2.57. The maximum Gasteiger partial charge on any atom is 0.227 e. The molecule has 2 unspecified atom stereocenters. The Bertz CT molecular complexity index is 2190. The van der Waals surface area contributed by atoms with Crippen LogP contribution in [0.2, 0.25) is 0 Å². The zero-order chi connectivity index (χ0) is 40.3. The fraction of sp³-hybridized carbons (Fsp3) is 0.341. The van der Waals surface area contributed by atoms with E-state index in [0.29, 0.717) is 22.2 Å². The van der Waals surface area contributed by atoms with E-state index in [1.807, 2.05) is 50.2 Å². The first kappa shape index (κ1) is 39.1. The number of nitrogens with two attached hydrogens (primary N) is 2. The molecule has 2 fully saturated rings. The smallest absolute Gasteiger partial charge is 0.227 e. The van der Waals surface area contributed by atoms with Crippen molar-refractivity contribution < 1.29 is 4.79 Å². The number of piperazine rings is 2. The van der Waals surface area contributed by atoms with Crippen molar-refractivity contribution in [1.29, 1.82) is 0 Å². The lowest BCUT2D eigenvalue weighted by Gasteiger charge is -2.42. The summed E-state index contributed by atoms with van der Waals surface area (Å²) in [4.78, 5) is 51.9. The van der Waals surface area contributed by atoms with E-state index in [4.69, 9.17) is 11.5 Å². The van der Waals surface area contributed by atoms with Gasteiger partial charge in [-0.05, 0) is 88.4 Å². The molecule has 6 heterocycles. The molecule has 0 radical (unpaired) electrons. The summed E-state index contributed by atoms with van der Waals surface area (Å²) in [5, 5.41) is 7.69. The second-order valence-electron chi connectivity index (χ2n) is 14.6. The Kier molecular flexibility index (Phi) is 11.5. The Balaban J connectivity index is 0.785. The van der Waals surface area contributed by atoms with Crippen LogP contribution in [0.5, 0.6) is 0 Å². The highest BCUT2D eigenvalue weighted by atomic mass is 32.1. The zero-order valence-corrected chi connectivity index (χ0v) is 34.7. The monoisotopic (exact) mass is 816 g/mol. The van der Waals surface area contributed by atoms with Gasteiger partial charge in [0.15, 0.2) is 16.0 Å². The SMILES string of the molecule is Cc1nc(N)sc1-c1ccnc(Nc2ccc(N3CCN(C(C)C(=O)C(C)N4CCN(c5ccc(Nc6nccc(-c7sc(N)nc7C)n6)cc5)CC4)CC3)cc2)n1. The molecule has 2 aromatic carbocycles. The van der Waals surface area contributed by atoms with Crippen LogP contribution in [0.25, 0.3) is 21.1 Å². The van der Waals surface area contributed by atoms with Gasteiger partial charge in [0.1, 0.15) is 0 Å². The lowest BCUT2D eigenvalue weighted by molar-refractivity contribution is -0.128. The number of nitrogens with one attached hydrogen (secondary N) is 2. The molecule has 6 N–H and O–H groups in total. The highest BCUT2D eigenvalue weighted by Gasteiger charge is 2.32. The van der Waals surface area contributed by atoms with Crippen molar-refractivity contribution in [2.24, 2.45) is 0 Å². The quantitative estimate of drug-likeness (QED) is 0.112. The molecule has 2 aliphatic rings. The summed E-state index contributed by atoms with van der Waals surface area (Å²) in [6, 6.07) is 20.1. The van der Waals surface area contributed by atoms with Gasteiger partial charge >= 0.3 is 0 Å². The first-order valence-electron chi connectivity index (χ1n) is 19.5. The molecule has 0 spiro atoms. The number of carbonyl (C=O) groups excluding carboxylic acids is 1. The van der Waals surface area contributed by atoms with Crippen LogP contribution >= 0.6 is 22.7 Å². The summed E-state index contributed by atoms with van der Waals surface area (Å²) >= 11 is 2.84. The summed E-state index contributed by atoms with van der Waals surface area (Å²) in [6.45, 7) is 14.8. The van der Waals surface area contributed by atoms with Crippen LogP contribution in [0.4, 0.5) is 44.9 Å². The number of hydrogen-bond donors (Lipinski definition) is 4. The molecule has 58 heavy (non-hydrogen) atoms. The number of nitrogens with zero attached hydrogens (tertiary/aromatic N) is 10. The van der Waals surface area contributed by atoms with Crippen molar-refractivity contribution in [1.82, 2.24) is 39.7 Å². The number of aryl methyl sites for hydroxylation is 2. The summed E-state index contributed by atoms with van der Waals surface area (Å²) in [7, 11) is 0. The minimum atomic E-state index is -0.142. The van der Waals surface area contributed by atoms with Gasteiger partial charge in [-0.2, -0.15) is 0 Å². The summed E-state index contributed by atoms with van der Waals surface area (Å²) < 4.78 is 0. The summed E-state index contributed by atoms with van der Waals surface area (Å²) in [6.07, 6.45) is 3.48. The van der Waals surface area contributed by atoms with E-state index >= 15 is 0 Å². The zero-order valence-electron chi connectivity index (χ0n) is 33.1. The predicted octanol–water partition coefficient (Wildman–Crippen LogP) is 6.07. The van der Waals surface area contributed by atoms with Crippen LogP contribution in [-0.4, -0.2) is 110 Å². The highest BCUT2D eigenvalue weighted by molar-refractivity contribution is 7.19. The number of benzene rings is 2. The fourth-order valence-electron chi connectivity index (χ4n) is 7.61. The second-order valence-corrected chi connectivity index (χ2v) is 16.7. The standard InChI is InChI=1S/C41H48N14OS2/c1-25-36(57-38(42)46-25)33-13-15-44-40(50-33)48-29-5-9-31(10-6-29)54-21-17-52(18-22-54)27(3)35(56)28(4)53-19-23-55(24-20-53)32-11-7-30(8-12-32)49-41-45-16-14-34(51-41)37-26(2)47-39(43)58-37/h5-16,27-28H,17-24H2,1-4H3,(H2,42,46)(H2,43,47)(H,44,48,50)(H,45,49,51). The van der Waals surface area contributed by atoms with Gasteiger partial charge in [-0.3, -0.25) is 14.6 Å². The number of thiazole rings is 2. The fourth-order valence-corrected chi connectivity index (χ4v) is 9.22. The number of nitrogen functional groups attached to an aromatic ring is 2. The Morgan fingerprint density at radius 1 is 0.586 bits per heavy atom. The van der Waals surface area contributed by atoms with E-state index in [-0.39, 0.29) is 17.9 Å². The van der Waals surface area contributed by atoms with Crippen LogP contribution in [0.15, 0.2) is 73.1 Å². The maximum atomic E-state index is 13.8. The van der Waals surface area contributed by atoms with Crippen molar-refractivity contribution in [3.05, 3.63) is 84.4 Å².